The molecule has 0 saturated heterocycles. The number of hydrogen-bond donors (Lipinski definition) is 1. The second-order valence-electron chi connectivity index (χ2n) is 8.43. The topological polar surface area (TPSA) is 73.6 Å². The van der Waals surface area contributed by atoms with Crippen LogP contribution in [0.25, 0.3) is 16.9 Å². The fourth-order valence-electron chi connectivity index (χ4n) is 4.15. The van der Waals surface area contributed by atoms with Gasteiger partial charge in [0.25, 0.3) is 0 Å². The molecule has 1 aromatic heterocycles. The predicted octanol–water partition coefficient (Wildman–Crippen LogP) is 6.75. The molecule has 0 fully saturated rings. The highest BCUT2D eigenvalue weighted by molar-refractivity contribution is 6.35. The number of hydrogen-bond acceptors (Lipinski definition) is 4. The van der Waals surface area contributed by atoms with Gasteiger partial charge in [-0.3, -0.25) is 0 Å². The Bertz CT molecular complexity index is 1410. The largest absolute Gasteiger partial charge is 0.489 e. The summed E-state index contributed by atoms with van der Waals surface area (Å²) >= 11 is 12.6. The maximum atomic E-state index is 12.1. The summed E-state index contributed by atoms with van der Waals surface area (Å²) in [5.41, 5.74) is 2.26. The lowest BCUT2D eigenvalue weighted by atomic mass is 9.89. The average Bonchev–Trinajstić information content (AvgIpc) is 3.20. The van der Waals surface area contributed by atoms with E-state index in [1.807, 2.05) is 62.4 Å². The molecule has 1 aliphatic rings. The summed E-state index contributed by atoms with van der Waals surface area (Å²) in [6.07, 6.45) is 0. The molecule has 6 nitrogen and oxygen atoms in total. The molecule has 0 radical (unpaired) electrons. The number of rotatable bonds is 5. The Kier molecular flexibility index (Phi) is 5.50. The molecule has 0 amide bonds. The molecule has 0 bridgehead atoms. The minimum Gasteiger partial charge on any atom is -0.489 e. The molecule has 5 rings (SSSR count). The Labute approximate surface area is 206 Å². The number of halogens is 2. The van der Waals surface area contributed by atoms with Crippen molar-refractivity contribution in [3.63, 3.8) is 0 Å². The molecule has 0 aliphatic carbocycles. The number of fused-ring (bicyclic) bond motifs is 3. The zero-order valence-corrected chi connectivity index (χ0v) is 19.9. The first-order valence-electron chi connectivity index (χ1n) is 10.6. The summed E-state index contributed by atoms with van der Waals surface area (Å²) < 4.78 is 13.8. The first-order chi connectivity index (χ1) is 16.2. The second-order valence-corrected chi connectivity index (χ2v) is 9.27. The van der Waals surface area contributed by atoms with Crippen LogP contribution < -0.4 is 9.47 Å². The fourth-order valence-corrected chi connectivity index (χ4v) is 4.64. The van der Waals surface area contributed by atoms with Crippen LogP contribution in [0.15, 0.2) is 66.7 Å². The van der Waals surface area contributed by atoms with Gasteiger partial charge in [0, 0.05) is 16.7 Å². The molecule has 0 saturated carbocycles. The third-order valence-electron chi connectivity index (χ3n) is 5.65. The van der Waals surface area contributed by atoms with Gasteiger partial charge in [-0.2, -0.15) is 5.10 Å². The molecule has 3 aromatic carbocycles. The molecule has 1 aliphatic heterocycles. The Morgan fingerprint density at radius 1 is 1.09 bits per heavy atom. The van der Waals surface area contributed by atoms with E-state index in [0.29, 0.717) is 50.7 Å². The van der Waals surface area contributed by atoms with Gasteiger partial charge in [-0.05, 0) is 49.7 Å². The predicted molar refractivity (Wildman–Crippen MR) is 130 cm³/mol. The summed E-state index contributed by atoms with van der Waals surface area (Å²) in [5.74, 6) is 0.0464. The normalized spacial score (nSPS) is 13.5. The first-order valence-corrected chi connectivity index (χ1v) is 11.3. The van der Waals surface area contributed by atoms with Gasteiger partial charge in [0.2, 0.25) is 0 Å². The number of carbonyl (C=O) groups is 1. The van der Waals surface area contributed by atoms with E-state index in [9.17, 15) is 9.90 Å². The highest BCUT2D eigenvalue weighted by Crippen LogP contribution is 2.49. The van der Waals surface area contributed by atoms with E-state index in [0.717, 1.165) is 5.56 Å². The summed E-state index contributed by atoms with van der Waals surface area (Å²) in [4.78, 5) is 12.1. The number of nitrogens with zero attached hydrogens (tertiary/aromatic N) is 2. The van der Waals surface area contributed by atoms with Gasteiger partial charge in [0.1, 0.15) is 23.7 Å². The van der Waals surface area contributed by atoms with E-state index in [2.05, 4.69) is 5.10 Å². The Morgan fingerprint density at radius 2 is 1.85 bits per heavy atom. The lowest BCUT2D eigenvalue weighted by molar-refractivity contribution is 0.0664. The van der Waals surface area contributed by atoms with Crippen molar-refractivity contribution in [1.29, 1.82) is 0 Å². The van der Waals surface area contributed by atoms with Crippen LogP contribution in [0.4, 0.5) is 0 Å². The van der Waals surface area contributed by atoms with Crippen molar-refractivity contribution in [2.24, 2.45) is 0 Å². The van der Waals surface area contributed by atoms with E-state index in [1.54, 1.807) is 22.9 Å². The van der Waals surface area contributed by atoms with Crippen molar-refractivity contribution in [3.05, 3.63) is 93.6 Å². The van der Waals surface area contributed by atoms with Crippen molar-refractivity contribution in [1.82, 2.24) is 9.78 Å². The molecule has 0 atom stereocenters. The average molecular weight is 495 g/mol. The van der Waals surface area contributed by atoms with Crippen LogP contribution in [0.1, 0.15) is 35.5 Å². The van der Waals surface area contributed by atoms with Crippen molar-refractivity contribution in [2.75, 3.05) is 0 Å². The minimum absolute atomic E-state index is 0.0962. The molecule has 1 N–H and O–H groups in total. The molecule has 0 unspecified atom stereocenters. The molecular formula is C26H20Cl2N2O4. The van der Waals surface area contributed by atoms with E-state index in [1.165, 1.54) is 0 Å². The van der Waals surface area contributed by atoms with Gasteiger partial charge in [-0.25, -0.2) is 9.48 Å². The summed E-state index contributed by atoms with van der Waals surface area (Å²) in [6, 6.07) is 20.3. The van der Waals surface area contributed by atoms with Crippen molar-refractivity contribution in [3.8, 4) is 28.4 Å². The SMILES string of the molecule is CC1(C)Oc2cc(OCc3ccccc3)ccc2-c2c1c(C(=O)O)nn2-c1ccc(Cl)cc1Cl. The fraction of sp³-hybridized carbons (Fsp3) is 0.154. The van der Waals surface area contributed by atoms with Crippen LogP contribution in [0.3, 0.4) is 0 Å². The second kappa shape index (κ2) is 8.38. The molecule has 0 spiro atoms. The van der Waals surface area contributed by atoms with Crippen molar-refractivity contribution in [2.45, 2.75) is 26.1 Å². The van der Waals surface area contributed by atoms with Crippen LogP contribution >= 0.6 is 23.2 Å². The number of aromatic carboxylic acids is 1. The molecule has 8 heteroatoms. The standard InChI is InChI=1S/C26H20Cl2N2O4/c1-26(2)22-23(25(31)32)29-30(20-11-8-16(27)12-19(20)28)24(22)18-10-9-17(13-21(18)34-26)33-14-15-6-4-3-5-7-15/h3-13H,14H2,1-2H3,(H,31,32). The molecule has 172 valence electrons. The zero-order valence-electron chi connectivity index (χ0n) is 18.4. The Morgan fingerprint density at radius 3 is 2.56 bits per heavy atom. The lowest BCUT2D eigenvalue weighted by Crippen LogP contribution is -2.31. The minimum atomic E-state index is -1.15. The Balaban J connectivity index is 1.64. The van der Waals surface area contributed by atoms with Gasteiger partial charge in [-0.1, -0.05) is 53.5 Å². The number of aromatic nitrogens is 2. The van der Waals surface area contributed by atoms with Crippen molar-refractivity contribution >= 4 is 29.2 Å². The van der Waals surface area contributed by atoms with Crippen LogP contribution in [0, 0.1) is 0 Å². The maximum Gasteiger partial charge on any atom is 0.356 e. The third kappa shape index (κ3) is 3.89. The van der Waals surface area contributed by atoms with Gasteiger partial charge < -0.3 is 14.6 Å². The Hall–Kier alpha value is -3.48. The van der Waals surface area contributed by atoms with Gasteiger partial charge in [0.15, 0.2) is 5.69 Å². The number of carboxylic acid groups (broad SMARTS) is 1. The number of ether oxygens (including phenoxy) is 2. The summed E-state index contributed by atoms with van der Waals surface area (Å²) in [6.45, 7) is 4.04. The summed E-state index contributed by atoms with van der Waals surface area (Å²) in [5, 5.41) is 15.2. The van der Waals surface area contributed by atoms with Gasteiger partial charge >= 0.3 is 5.97 Å². The van der Waals surface area contributed by atoms with E-state index in [-0.39, 0.29) is 5.69 Å². The highest BCUT2D eigenvalue weighted by atomic mass is 35.5. The van der Waals surface area contributed by atoms with E-state index >= 15 is 0 Å². The van der Waals surface area contributed by atoms with E-state index < -0.39 is 11.6 Å². The molecular weight excluding hydrogens is 475 g/mol. The zero-order chi connectivity index (χ0) is 24.0. The third-order valence-corrected chi connectivity index (χ3v) is 6.19. The van der Waals surface area contributed by atoms with Crippen LogP contribution in [0.5, 0.6) is 11.5 Å². The summed E-state index contributed by atoms with van der Waals surface area (Å²) in [7, 11) is 0. The highest BCUT2D eigenvalue weighted by Gasteiger charge is 2.41. The molecule has 2 heterocycles. The maximum absolute atomic E-state index is 12.1. The first kappa shape index (κ1) is 22.3. The smallest absolute Gasteiger partial charge is 0.356 e. The van der Waals surface area contributed by atoms with Gasteiger partial charge in [0.05, 0.1) is 22.0 Å². The van der Waals surface area contributed by atoms with Crippen LogP contribution in [0.2, 0.25) is 10.0 Å². The molecule has 4 aromatic rings. The monoisotopic (exact) mass is 494 g/mol. The van der Waals surface area contributed by atoms with E-state index in [4.69, 9.17) is 32.7 Å². The van der Waals surface area contributed by atoms with Crippen LogP contribution in [-0.2, 0) is 12.2 Å². The number of carboxylic acids is 1. The van der Waals surface area contributed by atoms with Crippen LogP contribution in [-0.4, -0.2) is 20.9 Å². The lowest BCUT2D eigenvalue weighted by Gasteiger charge is -2.33. The quantitative estimate of drug-likeness (QED) is 0.332. The van der Waals surface area contributed by atoms with Crippen molar-refractivity contribution < 1.29 is 19.4 Å². The molecule has 34 heavy (non-hydrogen) atoms. The van der Waals surface area contributed by atoms with Gasteiger partial charge in [-0.15, -0.1) is 0 Å². The number of benzene rings is 3.